The molecule has 0 aliphatic carbocycles. The summed E-state index contributed by atoms with van der Waals surface area (Å²) in [6.45, 7) is 15.3. The van der Waals surface area contributed by atoms with E-state index in [1.165, 1.54) is 5.39 Å². The average Bonchev–Trinajstić information content (AvgIpc) is 2.95. The number of benzene rings is 4. The highest BCUT2D eigenvalue weighted by Crippen LogP contribution is 2.40. The zero-order chi connectivity index (χ0) is 32.1. The van der Waals surface area contributed by atoms with Crippen molar-refractivity contribution >= 4 is 38.8 Å². The lowest BCUT2D eigenvalue weighted by Gasteiger charge is -2.28. The minimum absolute atomic E-state index is 0.192. The number of rotatable bonds is 10. The molecule has 0 unspecified atom stereocenters. The molecule has 0 aliphatic rings. The summed E-state index contributed by atoms with van der Waals surface area (Å²) in [6, 6.07) is 22.2. The number of ether oxygens (including phenoxy) is 2. The second-order valence-corrected chi connectivity index (χ2v) is 13.9. The Balaban J connectivity index is 1.43. The van der Waals surface area contributed by atoms with Gasteiger partial charge in [0.2, 0.25) is 5.91 Å². The van der Waals surface area contributed by atoms with E-state index in [1.54, 1.807) is 6.21 Å². The summed E-state index contributed by atoms with van der Waals surface area (Å²) in [5, 5.41) is 17.5. The Kier molecular flexibility index (Phi) is 10.4. The third-order valence-electron chi connectivity index (χ3n) is 7.41. The molecule has 0 aliphatic heterocycles. The topological polar surface area (TPSA) is 80.2 Å². The second kappa shape index (κ2) is 13.9. The van der Waals surface area contributed by atoms with Crippen molar-refractivity contribution in [3.05, 3.63) is 99.0 Å². The number of phenolic OH excluding ortho intramolecular Hbond substituents is 1. The number of phenols is 1. The van der Waals surface area contributed by atoms with E-state index in [9.17, 15) is 9.90 Å². The number of carbonyl (C=O) groups excluding carboxylic acids is 1. The number of aryl methyl sites for hydroxylation is 1. The molecule has 0 aromatic heterocycles. The first kappa shape index (κ1) is 33.1. The van der Waals surface area contributed by atoms with E-state index in [1.807, 2.05) is 49.4 Å². The molecule has 0 atom stereocenters. The molecule has 0 saturated carbocycles. The second-order valence-electron chi connectivity index (χ2n) is 13.0. The minimum atomic E-state index is -0.224. The summed E-state index contributed by atoms with van der Waals surface area (Å²) < 4.78 is 12.9. The Hall–Kier alpha value is -3.84. The van der Waals surface area contributed by atoms with Crippen LogP contribution in [0.1, 0.15) is 82.7 Å². The summed E-state index contributed by atoms with van der Waals surface area (Å²) in [5.74, 6) is 1.35. The first-order valence-corrected chi connectivity index (χ1v) is 15.8. The first-order chi connectivity index (χ1) is 20.8. The van der Waals surface area contributed by atoms with Crippen molar-refractivity contribution in [1.29, 1.82) is 0 Å². The maximum absolute atomic E-state index is 12.7. The van der Waals surface area contributed by atoms with Gasteiger partial charge >= 0.3 is 0 Å². The smallest absolute Gasteiger partial charge is 0.240 e. The predicted molar refractivity (Wildman–Crippen MR) is 183 cm³/mol. The lowest BCUT2D eigenvalue weighted by molar-refractivity contribution is -0.121. The van der Waals surface area contributed by atoms with E-state index >= 15 is 0 Å². The van der Waals surface area contributed by atoms with Crippen molar-refractivity contribution < 1.29 is 19.4 Å². The average molecular weight is 660 g/mol. The molecule has 4 rings (SSSR count). The van der Waals surface area contributed by atoms with Crippen LogP contribution in [0.3, 0.4) is 0 Å². The summed E-state index contributed by atoms with van der Waals surface area (Å²) in [6.07, 6.45) is 2.40. The predicted octanol–water partition coefficient (Wildman–Crippen LogP) is 8.96. The number of hydrogen-bond donors (Lipinski definition) is 2. The molecule has 0 spiro atoms. The van der Waals surface area contributed by atoms with Crippen molar-refractivity contribution in [2.75, 3.05) is 6.61 Å². The van der Waals surface area contributed by atoms with Crippen LogP contribution in [0.25, 0.3) is 10.8 Å². The molecule has 0 fully saturated rings. The van der Waals surface area contributed by atoms with Gasteiger partial charge in [-0.3, -0.25) is 4.79 Å². The zero-order valence-electron chi connectivity index (χ0n) is 26.8. The lowest BCUT2D eigenvalue weighted by atomic mass is 9.78. The van der Waals surface area contributed by atoms with Crippen LogP contribution in [0.4, 0.5) is 0 Å². The van der Waals surface area contributed by atoms with Crippen LogP contribution in [-0.2, 0) is 28.7 Å². The third-order valence-corrected chi connectivity index (χ3v) is 8.00. The first-order valence-electron chi connectivity index (χ1n) is 15.0. The van der Waals surface area contributed by atoms with Gasteiger partial charge in [-0.15, -0.1) is 0 Å². The Labute approximate surface area is 269 Å². The van der Waals surface area contributed by atoms with E-state index in [2.05, 4.69) is 92.3 Å². The molecule has 0 radical (unpaired) electrons. The van der Waals surface area contributed by atoms with Gasteiger partial charge in [0, 0.05) is 6.42 Å². The quantitative estimate of drug-likeness (QED) is 0.132. The van der Waals surface area contributed by atoms with Gasteiger partial charge in [0.05, 0.1) is 17.3 Å². The van der Waals surface area contributed by atoms with E-state index in [0.29, 0.717) is 36.9 Å². The molecular formula is C37H43BrN2O4. The Morgan fingerprint density at radius 2 is 1.59 bits per heavy atom. The van der Waals surface area contributed by atoms with Crippen molar-refractivity contribution in [3.63, 3.8) is 0 Å². The largest absolute Gasteiger partial charge is 0.507 e. The standard InChI is InChI=1S/C37H43BrN2O4/c1-8-43-32-21-25(20-31(38)35(32)44-23-27-14-11-13-26-12-9-10-15-28(26)27)22-39-40-33(41)17-16-24-18-29(36(2,3)4)34(42)30(19-24)37(5,6)7/h9-15,18-22,42H,8,16-17,23H2,1-7H3,(H,40,41)/b39-22-. The molecule has 7 heteroatoms. The van der Waals surface area contributed by atoms with E-state index in [4.69, 9.17) is 9.47 Å². The van der Waals surface area contributed by atoms with Gasteiger partial charge in [-0.25, -0.2) is 5.43 Å². The number of amides is 1. The normalized spacial score (nSPS) is 12.1. The molecular weight excluding hydrogens is 616 g/mol. The van der Waals surface area contributed by atoms with E-state index < -0.39 is 0 Å². The molecule has 4 aromatic carbocycles. The van der Waals surface area contributed by atoms with Gasteiger partial charge in [0.15, 0.2) is 11.5 Å². The Morgan fingerprint density at radius 1 is 0.932 bits per heavy atom. The molecule has 0 saturated heterocycles. The minimum Gasteiger partial charge on any atom is -0.507 e. The SMILES string of the molecule is CCOc1cc(/C=N\NC(=O)CCc2cc(C(C)(C)C)c(O)c(C(C)(C)C)c2)cc(Br)c1OCc1cccc2ccccc12. The molecule has 6 nitrogen and oxygen atoms in total. The fraction of sp³-hybridized carbons (Fsp3) is 0.351. The van der Waals surface area contributed by atoms with Crippen LogP contribution in [0.15, 0.2) is 76.3 Å². The van der Waals surface area contributed by atoms with Crippen LogP contribution in [-0.4, -0.2) is 23.8 Å². The molecule has 4 aromatic rings. The van der Waals surface area contributed by atoms with Crippen molar-refractivity contribution in [3.8, 4) is 17.2 Å². The van der Waals surface area contributed by atoms with Crippen molar-refractivity contribution in [1.82, 2.24) is 5.43 Å². The van der Waals surface area contributed by atoms with Gasteiger partial charge in [0.25, 0.3) is 0 Å². The van der Waals surface area contributed by atoms with Crippen LogP contribution in [0.2, 0.25) is 0 Å². The number of fused-ring (bicyclic) bond motifs is 1. The van der Waals surface area contributed by atoms with E-state index in [-0.39, 0.29) is 23.2 Å². The molecule has 232 valence electrons. The monoisotopic (exact) mass is 658 g/mol. The highest BCUT2D eigenvalue weighted by Gasteiger charge is 2.26. The van der Waals surface area contributed by atoms with Crippen LogP contribution in [0, 0.1) is 0 Å². The number of nitrogens with zero attached hydrogens (tertiary/aromatic N) is 1. The van der Waals surface area contributed by atoms with Crippen molar-refractivity contribution in [2.24, 2.45) is 5.10 Å². The number of nitrogens with one attached hydrogen (secondary N) is 1. The maximum atomic E-state index is 12.7. The molecule has 1 amide bonds. The van der Waals surface area contributed by atoms with Gasteiger partial charge in [-0.05, 0) is 90.8 Å². The zero-order valence-corrected chi connectivity index (χ0v) is 28.3. The number of hydrogen-bond acceptors (Lipinski definition) is 5. The van der Waals surface area contributed by atoms with Crippen LogP contribution >= 0.6 is 15.9 Å². The highest BCUT2D eigenvalue weighted by atomic mass is 79.9. The number of aromatic hydroxyl groups is 1. The Bertz CT molecular complexity index is 1620. The summed E-state index contributed by atoms with van der Waals surface area (Å²) >= 11 is 3.64. The maximum Gasteiger partial charge on any atom is 0.240 e. The third kappa shape index (κ3) is 8.20. The highest BCUT2D eigenvalue weighted by molar-refractivity contribution is 9.10. The van der Waals surface area contributed by atoms with Gasteiger partial charge in [0.1, 0.15) is 12.4 Å². The lowest BCUT2D eigenvalue weighted by Crippen LogP contribution is -2.20. The van der Waals surface area contributed by atoms with Gasteiger partial charge < -0.3 is 14.6 Å². The summed E-state index contributed by atoms with van der Waals surface area (Å²) in [4.78, 5) is 12.7. The number of carbonyl (C=O) groups is 1. The number of hydrazone groups is 1. The van der Waals surface area contributed by atoms with Crippen molar-refractivity contribution in [2.45, 2.75) is 78.7 Å². The molecule has 0 bridgehead atoms. The molecule has 2 N–H and O–H groups in total. The van der Waals surface area contributed by atoms with Crippen LogP contribution in [0.5, 0.6) is 17.2 Å². The number of halogens is 1. The van der Waals surface area contributed by atoms with Gasteiger partial charge in [-0.1, -0.05) is 96.1 Å². The fourth-order valence-electron chi connectivity index (χ4n) is 5.11. The summed E-state index contributed by atoms with van der Waals surface area (Å²) in [7, 11) is 0. The van der Waals surface area contributed by atoms with Crippen LogP contribution < -0.4 is 14.9 Å². The molecule has 44 heavy (non-hydrogen) atoms. The molecule has 0 heterocycles. The van der Waals surface area contributed by atoms with E-state index in [0.717, 1.165) is 37.7 Å². The Morgan fingerprint density at radius 3 is 2.25 bits per heavy atom. The fourth-order valence-corrected chi connectivity index (χ4v) is 5.68. The van der Waals surface area contributed by atoms with Gasteiger partial charge in [-0.2, -0.15) is 5.10 Å². The summed E-state index contributed by atoms with van der Waals surface area (Å²) in [5.41, 5.74) is 6.82.